The van der Waals surface area contributed by atoms with E-state index in [1.807, 2.05) is 0 Å². The maximum atomic E-state index is 12.3. The molecular formula is C19H17ClN2O6. The number of nitrogens with one attached hydrogen (secondary N) is 1. The van der Waals surface area contributed by atoms with Crippen molar-refractivity contribution in [2.45, 2.75) is 20.8 Å². The summed E-state index contributed by atoms with van der Waals surface area (Å²) in [5.74, 6) is -0.818. The van der Waals surface area contributed by atoms with Crippen molar-refractivity contribution in [3.8, 4) is 11.5 Å². The van der Waals surface area contributed by atoms with Gasteiger partial charge in [0.2, 0.25) is 6.79 Å². The van der Waals surface area contributed by atoms with Crippen molar-refractivity contribution in [1.82, 2.24) is 4.98 Å². The van der Waals surface area contributed by atoms with E-state index in [4.69, 9.17) is 25.8 Å². The number of benzene rings is 1. The molecule has 2 aromatic rings. The highest BCUT2D eigenvalue weighted by molar-refractivity contribution is 6.32. The van der Waals surface area contributed by atoms with Gasteiger partial charge in [0, 0.05) is 17.3 Å². The van der Waals surface area contributed by atoms with Crippen LogP contribution in [0.3, 0.4) is 0 Å². The molecule has 0 fully saturated rings. The maximum Gasteiger partial charge on any atom is 0.342 e. The van der Waals surface area contributed by atoms with E-state index in [9.17, 15) is 14.4 Å². The zero-order valence-corrected chi connectivity index (χ0v) is 16.2. The van der Waals surface area contributed by atoms with Crippen molar-refractivity contribution in [3.63, 3.8) is 0 Å². The molecule has 1 aliphatic heterocycles. The molecule has 1 aromatic carbocycles. The predicted molar refractivity (Wildman–Crippen MR) is 100 cm³/mol. The molecule has 1 aliphatic rings. The summed E-state index contributed by atoms with van der Waals surface area (Å²) < 4.78 is 15.5. The molecule has 0 unspecified atom stereocenters. The van der Waals surface area contributed by atoms with E-state index in [1.54, 1.807) is 19.9 Å². The molecule has 1 N–H and O–H groups in total. The van der Waals surface area contributed by atoms with E-state index in [-0.39, 0.29) is 34.5 Å². The minimum Gasteiger partial charge on any atom is -0.454 e. The van der Waals surface area contributed by atoms with Crippen LogP contribution in [0.2, 0.25) is 5.15 Å². The second-order valence-corrected chi connectivity index (χ2v) is 6.54. The fourth-order valence-corrected chi connectivity index (χ4v) is 3.12. The standard InChI is InChI=1S/C19H17ClN2O6/c1-9-4-10(2)21-18(20)17(9)19(25)26-7-16(24)22-13-6-15-14(27-8-28-15)5-12(13)11(3)23/h4-6H,7-8H2,1-3H3,(H,22,24). The van der Waals surface area contributed by atoms with Crippen molar-refractivity contribution in [2.24, 2.45) is 0 Å². The lowest BCUT2D eigenvalue weighted by Crippen LogP contribution is -2.22. The minimum atomic E-state index is -0.761. The second-order valence-electron chi connectivity index (χ2n) is 6.18. The average Bonchev–Trinajstić information content (AvgIpc) is 3.05. The number of anilines is 1. The van der Waals surface area contributed by atoms with Crippen molar-refractivity contribution in [1.29, 1.82) is 0 Å². The highest BCUT2D eigenvalue weighted by Gasteiger charge is 2.22. The van der Waals surface area contributed by atoms with E-state index >= 15 is 0 Å². The maximum absolute atomic E-state index is 12.3. The number of nitrogens with zero attached hydrogens (tertiary/aromatic N) is 1. The molecule has 3 rings (SSSR count). The molecule has 1 aromatic heterocycles. The lowest BCUT2D eigenvalue weighted by Gasteiger charge is -2.12. The Hall–Kier alpha value is -3.13. The normalized spacial score (nSPS) is 11.9. The zero-order valence-electron chi connectivity index (χ0n) is 15.4. The third-order valence-corrected chi connectivity index (χ3v) is 4.28. The number of pyridine rings is 1. The molecule has 0 aliphatic carbocycles. The molecule has 0 spiro atoms. The lowest BCUT2D eigenvalue weighted by atomic mass is 10.1. The number of aryl methyl sites for hydroxylation is 2. The Morgan fingerprint density at radius 1 is 1.18 bits per heavy atom. The van der Waals surface area contributed by atoms with Gasteiger partial charge in [-0.3, -0.25) is 9.59 Å². The number of rotatable bonds is 5. The quantitative estimate of drug-likeness (QED) is 0.464. The molecule has 146 valence electrons. The monoisotopic (exact) mass is 404 g/mol. The van der Waals surface area contributed by atoms with Crippen molar-refractivity contribution >= 4 is 34.9 Å². The van der Waals surface area contributed by atoms with Gasteiger partial charge in [0.05, 0.1) is 11.3 Å². The van der Waals surface area contributed by atoms with Crippen LogP contribution in [-0.4, -0.2) is 36.0 Å². The van der Waals surface area contributed by atoms with Gasteiger partial charge in [-0.15, -0.1) is 0 Å². The van der Waals surface area contributed by atoms with Crippen LogP contribution in [0.1, 0.15) is 38.9 Å². The molecule has 8 nitrogen and oxygen atoms in total. The number of ketones is 1. The number of ether oxygens (including phenoxy) is 3. The van der Waals surface area contributed by atoms with Gasteiger partial charge >= 0.3 is 5.97 Å². The SMILES string of the molecule is CC(=O)c1cc2c(cc1NC(=O)COC(=O)c1c(C)cc(C)nc1Cl)OCO2. The van der Waals surface area contributed by atoms with Crippen LogP contribution < -0.4 is 14.8 Å². The molecule has 0 saturated heterocycles. The molecule has 0 atom stereocenters. The van der Waals surface area contributed by atoms with Crippen LogP contribution >= 0.6 is 11.6 Å². The van der Waals surface area contributed by atoms with Crippen LogP contribution in [0.4, 0.5) is 5.69 Å². The van der Waals surface area contributed by atoms with Crippen LogP contribution in [0.15, 0.2) is 18.2 Å². The molecule has 0 saturated carbocycles. The molecule has 1 amide bonds. The fraction of sp³-hybridized carbons (Fsp3) is 0.263. The number of carbonyl (C=O) groups excluding carboxylic acids is 3. The van der Waals surface area contributed by atoms with Gasteiger partial charge in [0.1, 0.15) is 5.15 Å². The summed E-state index contributed by atoms with van der Waals surface area (Å²) in [7, 11) is 0. The minimum absolute atomic E-state index is 0.0116. The zero-order chi connectivity index (χ0) is 20.4. The number of fused-ring (bicyclic) bond motifs is 1. The van der Waals surface area contributed by atoms with E-state index in [1.165, 1.54) is 19.1 Å². The Bertz CT molecular complexity index is 966. The Labute approximate surface area is 165 Å². The summed E-state index contributed by atoms with van der Waals surface area (Å²) in [5, 5.41) is 2.56. The number of aromatic nitrogens is 1. The van der Waals surface area contributed by atoms with Gasteiger partial charge in [-0.1, -0.05) is 11.6 Å². The smallest absolute Gasteiger partial charge is 0.342 e. The van der Waals surface area contributed by atoms with Crippen molar-refractivity contribution < 1.29 is 28.6 Å². The summed E-state index contributed by atoms with van der Waals surface area (Å²) in [6.45, 7) is 4.28. The number of hydrogen-bond donors (Lipinski definition) is 1. The topological polar surface area (TPSA) is 104 Å². The Kier molecular flexibility index (Phi) is 5.51. The number of halogens is 1. The summed E-state index contributed by atoms with van der Waals surface area (Å²) in [6, 6.07) is 4.67. The van der Waals surface area contributed by atoms with E-state index in [0.29, 0.717) is 22.8 Å². The van der Waals surface area contributed by atoms with Crippen LogP contribution in [-0.2, 0) is 9.53 Å². The highest BCUT2D eigenvalue weighted by Crippen LogP contribution is 2.37. The first-order chi connectivity index (χ1) is 13.3. The number of hydrogen-bond acceptors (Lipinski definition) is 7. The first kappa shape index (κ1) is 19.6. The van der Waals surface area contributed by atoms with Crippen molar-refractivity contribution in [3.05, 3.63) is 45.7 Å². The van der Waals surface area contributed by atoms with Crippen LogP contribution in [0.25, 0.3) is 0 Å². The lowest BCUT2D eigenvalue weighted by molar-refractivity contribution is -0.119. The number of Topliss-reactive ketones (excluding diaryl/α,β-unsaturated/α-hetero) is 1. The first-order valence-corrected chi connectivity index (χ1v) is 8.69. The third-order valence-electron chi connectivity index (χ3n) is 4.01. The van der Waals surface area contributed by atoms with Gasteiger partial charge in [-0.05, 0) is 38.5 Å². The van der Waals surface area contributed by atoms with Crippen LogP contribution in [0.5, 0.6) is 11.5 Å². The number of amides is 1. The predicted octanol–water partition coefficient (Wildman–Crippen LogP) is 3.08. The van der Waals surface area contributed by atoms with Gasteiger partial charge in [0.25, 0.3) is 5.91 Å². The highest BCUT2D eigenvalue weighted by atomic mass is 35.5. The van der Waals surface area contributed by atoms with Gasteiger partial charge in [0.15, 0.2) is 23.9 Å². The fourth-order valence-electron chi connectivity index (χ4n) is 2.76. The van der Waals surface area contributed by atoms with E-state index < -0.39 is 18.5 Å². The number of carbonyl (C=O) groups is 3. The largest absolute Gasteiger partial charge is 0.454 e. The van der Waals surface area contributed by atoms with Crippen LogP contribution in [0, 0.1) is 13.8 Å². The molecular weight excluding hydrogens is 388 g/mol. The molecule has 0 bridgehead atoms. The summed E-state index contributed by atoms with van der Waals surface area (Å²) >= 11 is 6.01. The first-order valence-electron chi connectivity index (χ1n) is 8.31. The second kappa shape index (κ2) is 7.85. The van der Waals surface area contributed by atoms with Gasteiger partial charge in [-0.25, -0.2) is 9.78 Å². The van der Waals surface area contributed by atoms with E-state index in [2.05, 4.69) is 10.3 Å². The number of esters is 1. The summed E-state index contributed by atoms with van der Waals surface area (Å²) in [5.41, 5.74) is 1.86. The molecule has 0 radical (unpaired) electrons. The van der Waals surface area contributed by atoms with Gasteiger partial charge in [-0.2, -0.15) is 0 Å². The average molecular weight is 405 g/mol. The third kappa shape index (κ3) is 4.07. The molecule has 9 heteroatoms. The Balaban J connectivity index is 1.70. The van der Waals surface area contributed by atoms with E-state index in [0.717, 1.165) is 0 Å². The Morgan fingerprint density at radius 3 is 2.50 bits per heavy atom. The van der Waals surface area contributed by atoms with Gasteiger partial charge < -0.3 is 19.5 Å². The molecule has 2 heterocycles. The van der Waals surface area contributed by atoms with Crippen molar-refractivity contribution in [2.75, 3.05) is 18.7 Å². The summed E-state index contributed by atoms with van der Waals surface area (Å²) in [6.07, 6.45) is 0. The molecule has 28 heavy (non-hydrogen) atoms. The summed E-state index contributed by atoms with van der Waals surface area (Å²) in [4.78, 5) is 40.4. The Morgan fingerprint density at radius 2 is 1.86 bits per heavy atom.